The van der Waals surface area contributed by atoms with Crippen molar-refractivity contribution in [2.24, 2.45) is 0 Å². The molecule has 0 unspecified atom stereocenters. The van der Waals surface area contributed by atoms with Crippen molar-refractivity contribution in [2.75, 3.05) is 36.1 Å². The molecule has 2 fully saturated rings. The number of nitrogens with one attached hydrogen (secondary N) is 1. The Kier molecular flexibility index (Phi) is 6.15. The second-order valence-corrected chi connectivity index (χ2v) is 8.01. The molecule has 2 amide bonds. The van der Waals surface area contributed by atoms with Crippen LogP contribution in [0.5, 0.6) is 0 Å². The van der Waals surface area contributed by atoms with Gasteiger partial charge in [0, 0.05) is 18.8 Å². The predicted octanol–water partition coefficient (Wildman–Crippen LogP) is 3.23. The van der Waals surface area contributed by atoms with Gasteiger partial charge < -0.3 is 9.64 Å². The third-order valence-corrected chi connectivity index (χ3v) is 5.87. The second-order valence-electron chi connectivity index (χ2n) is 7.62. The molecule has 31 heavy (non-hydrogen) atoms. The van der Waals surface area contributed by atoms with E-state index in [-0.39, 0.29) is 10.7 Å². The van der Waals surface area contributed by atoms with E-state index in [2.05, 4.69) is 17.1 Å². The second kappa shape index (κ2) is 8.99. The summed E-state index contributed by atoms with van der Waals surface area (Å²) in [6, 6.07) is 13.6. The Labute approximate surface area is 187 Å². The standard InChI is InChI=1S/C24H25N3O3S/c1-3-17-4-7-19(8-5-17)27-23(29)20(22(28)25-24(27)31)15-18-6-9-21(16(2)14-18)26-10-12-30-13-11-26/h4-9,14-15H,3,10-13H2,1-2H3,(H,25,28,31). The SMILES string of the molecule is CCc1ccc(N2C(=O)C(=Cc3ccc(N4CCOCC4)c(C)c3)C(=O)NC2=S)cc1. The lowest BCUT2D eigenvalue weighted by Gasteiger charge is -2.30. The van der Waals surface area contributed by atoms with Crippen molar-refractivity contribution in [3.8, 4) is 0 Å². The molecule has 0 aromatic heterocycles. The molecule has 2 aliphatic rings. The van der Waals surface area contributed by atoms with Crippen LogP contribution in [-0.4, -0.2) is 43.2 Å². The number of benzene rings is 2. The van der Waals surface area contributed by atoms with Crippen molar-refractivity contribution < 1.29 is 14.3 Å². The van der Waals surface area contributed by atoms with Gasteiger partial charge in [-0.3, -0.25) is 19.8 Å². The van der Waals surface area contributed by atoms with Crippen LogP contribution in [0.15, 0.2) is 48.0 Å². The van der Waals surface area contributed by atoms with Gasteiger partial charge in [0.1, 0.15) is 5.57 Å². The zero-order chi connectivity index (χ0) is 22.0. The first-order valence-corrected chi connectivity index (χ1v) is 10.8. The van der Waals surface area contributed by atoms with E-state index in [1.54, 1.807) is 6.08 Å². The van der Waals surface area contributed by atoms with Crippen molar-refractivity contribution >= 4 is 46.6 Å². The van der Waals surface area contributed by atoms with Gasteiger partial charge >= 0.3 is 0 Å². The zero-order valence-corrected chi connectivity index (χ0v) is 18.5. The number of carbonyl (C=O) groups is 2. The number of rotatable bonds is 4. The number of carbonyl (C=O) groups excluding carboxylic acids is 2. The smallest absolute Gasteiger partial charge is 0.270 e. The first-order chi connectivity index (χ1) is 15.0. The summed E-state index contributed by atoms with van der Waals surface area (Å²) in [6.45, 7) is 7.24. The van der Waals surface area contributed by atoms with Crippen molar-refractivity contribution in [2.45, 2.75) is 20.3 Å². The highest BCUT2D eigenvalue weighted by molar-refractivity contribution is 7.80. The van der Waals surface area contributed by atoms with Crippen LogP contribution in [0.25, 0.3) is 6.08 Å². The van der Waals surface area contributed by atoms with Gasteiger partial charge in [0.05, 0.1) is 18.9 Å². The summed E-state index contributed by atoms with van der Waals surface area (Å²) in [7, 11) is 0. The molecule has 7 heteroatoms. The Morgan fingerprint density at radius 1 is 1.10 bits per heavy atom. The molecule has 160 valence electrons. The molecule has 0 saturated carbocycles. The molecule has 2 heterocycles. The molecule has 4 rings (SSSR count). The van der Waals surface area contributed by atoms with E-state index in [1.807, 2.05) is 49.4 Å². The highest BCUT2D eigenvalue weighted by atomic mass is 32.1. The van der Waals surface area contributed by atoms with Crippen LogP contribution >= 0.6 is 12.2 Å². The van der Waals surface area contributed by atoms with Gasteiger partial charge in [0.25, 0.3) is 11.8 Å². The average Bonchev–Trinajstić information content (AvgIpc) is 2.77. The maximum atomic E-state index is 13.2. The third kappa shape index (κ3) is 4.38. The molecule has 2 aromatic rings. The molecular formula is C24H25N3O3S. The quantitative estimate of drug-likeness (QED) is 0.454. The number of hydrogen-bond donors (Lipinski definition) is 1. The van der Waals surface area contributed by atoms with E-state index in [4.69, 9.17) is 17.0 Å². The van der Waals surface area contributed by atoms with Crippen LogP contribution in [0, 0.1) is 6.92 Å². The molecule has 0 spiro atoms. The fourth-order valence-corrected chi connectivity index (χ4v) is 4.15. The summed E-state index contributed by atoms with van der Waals surface area (Å²) in [5, 5.41) is 2.73. The maximum Gasteiger partial charge on any atom is 0.270 e. The van der Waals surface area contributed by atoms with Gasteiger partial charge in [0.2, 0.25) is 0 Å². The van der Waals surface area contributed by atoms with Gasteiger partial charge in [-0.15, -0.1) is 0 Å². The molecule has 0 bridgehead atoms. The molecular weight excluding hydrogens is 410 g/mol. The Hall–Kier alpha value is -3.03. The maximum absolute atomic E-state index is 13.2. The summed E-state index contributed by atoms with van der Waals surface area (Å²) >= 11 is 5.28. The number of thiocarbonyl (C=S) groups is 1. The summed E-state index contributed by atoms with van der Waals surface area (Å²) in [5.41, 5.74) is 4.88. The highest BCUT2D eigenvalue weighted by Gasteiger charge is 2.34. The number of ether oxygens (including phenoxy) is 1. The monoisotopic (exact) mass is 435 g/mol. The largest absolute Gasteiger partial charge is 0.378 e. The van der Waals surface area contributed by atoms with Gasteiger partial charge in [-0.2, -0.15) is 0 Å². The summed E-state index contributed by atoms with van der Waals surface area (Å²) < 4.78 is 5.43. The number of morpholine rings is 1. The highest BCUT2D eigenvalue weighted by Crippen LogP contribution is 2.26. The fourth-order valence-electron chi connectivity index (χ4n) is 3.87. The minimum absolute atomic E-state index is 0.0618. The molecule has 0 atom stereocenters. The van der Waals surface area contributed by atoms with Crippen molar-refractivity contribution in [1.82, 2.24) is 5.32 Å². The molecule has 2 aliphatic heterocycles. The lowest BCUT2D eigenvalue weighted by atomic mass is 10.0. The normalized spacial score (nSPS) is 18.5. The van der Waals surface area contributed by atoms with Crippen LogP contribution < -0.4 is 15.1 Å². The Morgan fingerprint density at radius 2 is 1.81 bits per heavy atom. The summed E-state index contributed by atoms with van der Waals surface area (Å²) in [6.07, 6.45) is 2.53. The average molecular weight is 436 g/mol. The first kappa shape index (κ1) is 21.2. The lowest BCUT2D eigenvalue weighted by molar-refractivity contribution is -0.122. The molecule has 0 aliphatic carbocycles. The Balaban J connectivity index is 1.62. The Bertz CT molecular complexity index is 1060. The van der Waals surface area contributed by atoms with E-state index < -0.39 is 11.8 Å². The van der Waals surface area contributed by atoms with Crippen LogP contribution in [0.1, 0.15) is 23.6 Å². The van der Waals surface area contributed by atoms with E-state index >= 15 is 0 Å². The van der Waals surface area contributed by atoms with Crippen LogP contribution in [-0.2, 0) is 20.7 Å². The third-order valence-electron chi connectivity index (χ3n) is 5.59. The molecule has 1 N–H and O–H groups in total. The van der Waals surface area contributed by atoms with Gasteiger partial charge in [-0.25, -0.2) is 0 Å². The summed E-state index contributed by atoms with van der Waals surface area (Å²) in [5.74, 6) is -0.903. The number of anilines is 2. The molecule has 2 saturated heterocycles. The molecule has 6 nitrogen and oxygen atoms in total. The first-order valence-electron chi connectivity index (χ1n) is 10.4. The van der Waals surface area contributed by atoms with Crippen LogP contribution in [0.4, 0.5) is 11.4 Å². The summed E-state index contributed by atoms with van der Waals surface area (Å²) in [4.78, 5) is 29.4. The van der Waals surface area contributed by atoms with Gasteiger partial charge in [-0.05, 0) is 72.6 Å². The number of amides is 2. The van der Waals surface area contributed by atoms with Gasteiger partial charge in [0.15, 0.2) is 5.11 Å². The van der Waals surface area contributed by atoms with Crippen LogP contribution in [0.2, 0.25) is 0 Å². The lowest BCUT2D eigenvalue weighted by Crippen LogP contribution is -2.54. The van der Waals surface area contributed by atoms with Crippen molar-refractivity contribution in [3.05, 3.63) is 64.7 Å². The van der Waals surface area contributed by atoms with Crippen molar-refractivity contribution in [3.63, 3.8) is 0 Å². The van der Waals surface area contributed by atoms with Gasteiger partial charge in [-0.1, -0.05) is 25.1 Å². The van der Waals surface area contributed by atoms with E-state index in [9.17, 15) is 9.59 Å². The minimum atomic E-state index is -0.480. The fraction of sp³-hybridized carbons (Fsp3) is 0.292. The van der Waals surface area contributed by atoms with E-state index in [0.29, 0.717) is 5.69 Å². The minimum Gasteiger partial charge on any atom is -0.378 e. The topological polar surface area (TPSA) is 61.9 Å². The van der Waals surface area contributed by atoms with E-state index in [0.717, 1.165) is 55.1 Å². The molecule has 0 radical (unpaired) electrons. The number of aryl methyl sites for hydroxylation is 2. The van der Waals surface area contributed by atoms with E-state index in [1.165, 1.54) is 4.90 Å². The van der Waals surface area contributed by atoms with Crippen LogP contribution in [0.3, 0.4) is 0 Å². The number of hydrogen-bond acceptors (Lipinski definition) is 5. The Morgan fingerprint density at radius 3 is 2.45 bits per heavy atom. The predicted molar refractivity (Wildman–Crippen MR) is 126 cm³/mol. The number of nitrogens with zero attached hydrogens (tertiary/aromatic N) is 2. The molecule has 2 aromatic carbocycles. The van der Waals surface area contributed by atoms with Crippen molar-refractivity contribution in [1.29, 1.82) is 0 Å². The zero-order valence-electron chi connectivity index (χ0n) is 17.7.